The number of amides is 1. The molecule has 1 atom stereocenters. The molecule has 1 amide bonds. The highest BCUT2D eigenvalue weighted by Crippen LogP contribution is 2.28. The molecule has 0 aromatic heterocycles. The van der Waals surface area contributed by atoms with E-state index in [2.05, 4.69) is 20.9 Å². The Morgan fingerprint density at radius 3 is 2.56 bits per heavy atom. The van der Waals surface area contributed by atoms with Gasteiger partial charge in [-0.1, -0.05) is 38.5 Å². The summed E-state index contributed by atoms with van der Waals surface area (Å²) in [6.45, 7) is 4.08. The number of hydrogen-bond acceptors (Lipinski definition) is 4. The van der Waals surface area contributed by atoms with Crippen molar-refractivity contribution < 1.29 is 13.2 Å². The summed E-state index contributed by atoms with van der Waals surface area (Å²) in [7, 11) is -2.96. The SMILES string of the molecule is CCNC(=NCCCCC1CCCC1)NCCC(=O)NC1CCS(=O)(=O)C1. The van der Waals surface area contributed by atoms with Gasteiger partial charge in [0.2, 0.25) is 5.91 Å². The highest BCUT2D eigenvalue weighted by molar-refractivity contribution is 7.91. The summed E-state index contributed by atoms with van der Waals surface area (Å²) in [5.41, 5.74) is 0. The first kappa shape index (κ1) is 22.0. The monoisotopic (exact) mass is 400 g/mol. The Labute approximate surface area is 164 Å². The van der Waals surface area contributed by atoms with Gasteiger partial charge in [0, 0.05) is 32.1 Å². The molecule has 3 N–H and O–H groups in total. The molecule has 0 aromatic rings. The van der Waals surface area contributed by atoms with Gasteiger partial charge in [-0.3, -0.25) is 9.79 Å². The first-order valence-corrected chi connectivity index (χ1v) is 12.3. The summed E-state index contributed by atoms with van der Waals surface area (Å²) in [5.74, 6) is 1.81. The van der Waals surface area contributed by atoms with Gasteiger partial charge in [0.25, 0.3) is 0 Å². The summed E-state index contributed by atoms with van der Waals surface area (Å²) in [6.07, 6.45) is 10.1. The molecule has 1 saturated carbocycles. The van der Waals surface area contributed by atoms with Gasteiger partial charge in [0.15, 0.2) is 15.8 Å². The molecule has 2 rings (SSSR count). The third-order valence-corrected chi connectivity index (χ3v) is 7.12. The first-order valence-electron chi connectivity index (χ1n) is 10.5. The normalized spacial score (nSPS) is 22.7. The van der Waals surface area contributed by atoms with Crippen molar-refractivity contribution in [2.75, 3.05) is 31.1 Å². The average molecular weight is 401 g/mol. The molecule has 2 fully saturated rings. The van der Waals surface area contributed by atoms with Gasteiger partial charge in [-0.05, 0) is 25.7 Å². The van der Waals surface area contributed by atoms with Crippen LogP contribution in [0, 0.1) is 5.92 Å². The van der Waals surface area contributed by atoms with Crippen molar-refractivity contribution in [3.63, 3.8) is 0 Å². The van der Waals surface area contributed by atoms with Crippen LogP contribution in [0.15, 0.2) is 4.99 Å². The Kier molecular flexibility index (Phi) is 9.38. The molecular formula is C19H36N4O3S. The molecule has 1 aliphatic heterocycles. The fourth-order valence-corrected chi connectivity index (χ4v) is 5.55. The zero-order valence-corrected chi connectivity index (χ0v) is 17.5. The molecule has 1 aliphatic carbocycles. The van der Waals surface area contributed by atoms with Gasteiger partial charge in [0.05, 0.1) is 11.5 Å². The molecule has 27 heavy (non-hydrogen) atoms. The van der Waals surface area contributed by atoms with Crippen LogP contribution in [0.3, 0.4) is 0 Å². The van der Waals surface area contributed by atoms with E-state index in [1.165, 1.54) is 38.5 Å². The number of unbranched alkanes of at least 4 members (excludes halogenated alkanes) is 1. The van der Waals surface area contributed by atoms with Crippen molar-refractivity contribution in [2.45, 2.75) is 70.8 Å². The van der Waals surface area contributed by atoms with Crippen molar-refractivity contribution in [3.05, 3.63) is 0 Å². The predicted octanol–water partition coefficient (Wildman–Crippen LogP) is 1.60. The maximum Gasteiger partial charge on any atom is 0.222 e. The van der Waals surface area contributed by atoms with E-state index in [0.717, 1.165) is 31.4 Å². The number of nitrogens with zero attached hydrogens (tertiary/aromatic N) is 1. The van der Waals surface area contributed by atoms with E-state index in [1.807, 2.05) is 6.92 Å². The van der Waals surface area contributed by atoms with Crippen LogP contribution in [0.1, 0.15) is 64.7 Å². The number of carbonyl (C=O) groups excluding carboxylic acids is 1. The van der Waals surface area contributed by atoms with Crippen LogP contribution in [-0.2, 0) is 14.6 Å². The number of hydrogen-bond donors (Lipinski definition) is 3. The van der Waals surface area contributed by atoms with Gasteiger partial charge >= 0.3 is 0 Å². The van der Waals surface area contributed by atoms with Crippen LogP contribution in [-0.4, -0.2) is 57.5 Å². The Hall–Kier alpha value is -1.31. The predicted molar refractivity (Wildman–Crippen MR) is 110 cm³/mol. The van der Waals surface area contributed by atoms with E-state index in [9.17, 15) is 13.2 Å². The number of rotatable bonds is 10. The quantitative estimate of drug-likeness (QED) is 0.294. The summed E-state index contributed by atoms with van der Waals surface area (Å²) in [5, 5.41) is 9.19. The second kappa shape index (κ2) is 11.5. The minimum absolute atomic E-state index is 0.0666. The van der Waals surface area contributed by atoms with Crippen molar-refractivity contribution in [1.29, 1.82) is 0 Å². The Morgan fingerprint density at radius 1 is 1.11 bits per heavy atom. The van der Waals surface area contributed by atoms with E-state index in [-0.39, 0.29) is 23.5 Å². The minimum atomic E-state index is -2.96. The van der Waals surface area contributed by atoms with Crippen molar-refractivity contribution in [2.24, 2.45) is 10.9 Å². The summed E-state index contributed by atoms with van der Waals surface area (Å²) >= 11 is 0. The Bertz CT molecular complexity index is 586. The van der Waals surface area contributed by atoms with Crippen LogP contribution in [0.5, 0.6) is 0 Å². The van der Waals surface area contributed by atoms with Crippen molar-refractivity contribution in [1.82, 2.24) is 16.0 Å². The fourth-order valence-electron chi connectivity index (χ4n) is 3.88. The molecule has 0 aromatic carbocycles. The molecule has 1 heterocycles. The largest absolute Gasteiger partial charge is 0.357 e. The van der Waals surface area contributed by atoms with Crippen LogP contribution < -0.4 is 16.0 Å². The smallest absolute Gasteiger partial charge is 0.222 e. The van der Waals surface area contributed by atoms with E-state index in [4.69, 9.17) is 0 Å². The lowest BCUT2D eigenvalue weighted by Gasteiger charge is -2.13. The molecule has 8 heteroatoms. The number of nitrogens with one attached hydrogen (secondary N) is 3. The third kappa shape index (κ3) is 8.95. The molecular weight excluding hydrogens is 364 g/mol. The van der Waals surface area contributed by atoms with Crippen molar-refractivity contribution in [3.8, 4) is 0 Å². The summed E-state index contributed by atoms with van der Waals surface area (Å²) in [4.78, 5) is 16.5. The highest BCUT2D eigenvalue weighted by Gasteiger charge is 2.28. The van der Waals surface area contributed by atoms with Gasteiger partial charge in [-0.25, -0.2) is 8.42 Å². The number of aliphatic imine (C=N–C) groups is 1. The molecule has 156 valence electrons. The summed E-state index contributed by atoms with van der Waals surface area (Å²) in [6, 6.07) is -0.232. The van der Waals surface area contributed by atoms with Crippen LogP contribution in [0.2, 0.25) is 0 Å². The lowest BCUT2D eigenvalue weighted by molar-refractivity contribution is -0.121. The lowest BCUT2D eigenvalue weighted by Crippen LogP contribution is -2.41. The second-order valence-electron chi connectivity index (χ2n) is 7.75. The van der Waals surface area contributed by atoms with E-state index < -0.39 is 9.84 Å². The third-order valence-electron chi connectivity index (χ3n) is 5.35. The molecule has 2 aliphatic rings. The standard InChI is InChI=1S/C19H36N4O3S/c1-2-20-19(21-12-6-5-9-16-7-3-4-8-16)22-13-10-18(24)23-17-11-14-27(25,26)15-17/h16-17H,2-15H2,1H3,(H,23,24)(H2,20,21,22). The molecule has 1 saturated heterocycles. The van der Waals surface area contributed by atoms with Gasteiger partial charge in [-0.2, -0.15) is 0 Å². The Balaban J connectivity index is 1.59. The van der Waals surface area contributed by atoms with E-state index in [0.29, 0.717) is 19.4 Å². The van der Waals surface area contributed by atoms with Gasteiger partial charge in [-0.15, -0.1) is 0 Å². The number of sulfone groups is 1. The Morgan fingerprint density at radius 2 is 1.89 bits per heavy atom. The van der Waals surface area contributed by atoms with Crippen LogP contribution in [0.4, 0.5) is 0 Å². The minimum Gasteiger partial charge on any atom is -0.357 e. The molecule has 0 spiro atoms. The molecule has 0 bridgehead atoms. The highest BCUT2D eigenvalue weighted by atomic mass is 32.2. The zero-order valence-electron chi connectivity index (χ0n) is 16.6. The number of guanidine groups is 1. The summed E-state index contributed by atoms with van der Waals surface area (Å²) < 4.78 is 22.9. The van der Waals surface area contributed by atoms with Crippen LogP contribution in [0.25, 0.3) is 0 Å². The molecule has 0 radical (unpaired) electrons. The number of carbonyl (C=O) groups is 1. The average Bonchev–Trinajstić information content (AvgIpc) is 3.24. The maximum atomic E-state index is 12.0. The van der Waals surface area contributed by atoms with E-state index >= 15 is 0 Å². The molecule has 7 nitrogen and oxygen atoms in total. The maximum absolute atomic E-state index is 12.0. The topological polar surface area (TPSA) is 99.7 Å². The fraction of sp³-hybridized carbons (Fsp3) is 0.895. The van der Waals surface area contributed by atoms with Gasteiger partial charge < -0.3 is 16.0 Å². The second-order valence-corrected chi connectivity index (χ2v) is 9.98. The van der Waals surface area contributed by atoms with Gasteiger partial charge in [0.1, 0.15) is 0 Å². The van der Waals surface area contributed by atoms with Crippen LogP contribution >= 0.6 is 0 Å². The van der Waals surface area contributed by atoms with E-state index in [1.54, 1.807) is 0 Å². The first-order chi connectivity index (χ1) is 13.0. The van der Waals surface area contributed by atoms with Crippen molar-refractivity contribution >= 4 is 21.7 Å². The zero-order chi connectivity index (χ0) is 19.5. The molecule has 1 unspecified atom stereocenters. The lowest BCUT2D eigenvalue weighted by atomic mass is 10.0.